The number of fused-ring (bicyclic) bond motifs is 1. The molecule has 2 aromatic rings. The van der Waals surface area contributed by atoms with Gasteiger partial charge in [0.05, 0.1) is 30.3 Å². The first-order valence-corrected chi connectivity index (χ1v) is 7.80. The number of nitrogens with zero attached hydrogens (tertiary/aromatic N) is 2. The van der Waals surface area contributed by atoms with Crippen molar-refractivity contribution in [3.05, 3.63) is 18.7 Å². The van der Waals surface area contributed by atoms with E-state index in [2.05, 4.69) is 25.9 Å². The van der Waals surface area contributed by atoms with Crippen molar-refractivity contribution >= 4 is 22.8 Å². The van der Waals surface area contributed by atoms with Crippen LogP contribution in [0.2, 0.25) is 0 Å². The highest BCUT2D eigenvalue weighted by Gasteiger charge is 2.36. The van der Waals surface area contributed by atoms with Crippen LogP contribution in [0, 0.1) is 0 Å². The van der Waals surface area contributed by atoms with E-state index in [1.165, 1.54) is 12.6 Å². The molecule has 0 aliphatic carbocycles. The number of aliphatic hydroxyl groups excluding tert-OH is 1. The largest absolute Gasteiger partial charge is 0.446 e. The summed E-state index contributed by atoms with van der Waals surface area (Å²) in [4.78, 5) is 19.9. The molecule has 4 N–H and O–H groups in total. The molecule has 0 radical (unpaired) electrons. The lowest BCUT2D eigenvalue weighted by molar-refractivity contribution is -0.132. The average Bonchev–Trinajstić information content (AvgIpc) is 3.02. The minimum Gasteiger partial charge on any atom is -0.446 e. The monoisotopic (exact) mass is 335 g/mol. The van der Waals surface area contributed by atoms with Crippen molar-refractivity contribution in [3.63, 3.8) is 0 Å². The maximum atomic E-state index is 11.7. The number of rotatable bonds is 5. The van der Waals surface area contributed by atoms with Crippen molar-refractivity contribution in [1.29, 1.82) is 0 Å². The second-order valence-corrected chi connectivity index (χ2v) is 5.78. The smallest absolute Gasteiger partial charge is 0.234 e. The molecule has 24 heavy (non-hydrogen) atoms. The second-order valence-electron chi connectivity index (χ2n) is 5.78. The van der Waals surface area contributed by atoms with Crippen LogP contribution in [0.25, 0.3) is 11.1 Å². The predicted molar refractivity (Wildman–Crippen MR) is 86.2 cm³/mol. The third-order valence-electron chi connectivity index (χ3n) is 4.00. The van der Waals surface area contributed by atoms with Crippen LogP contribution in [0.3, 0.4) is 0 Å². The summed E-state index contributed by atoms with van der Waals surface area (Å²) in [6.07, 6.45) is 1.61. The van der Waals surface area contributed by atoms with E-state index in [1.54, 1.807) is 13.1 Å². The molecule has 1 fully saturated rings. The van der Waals surface area contributed by atoms with E-state index < -0.39 is 12.3 Å². The van der Waals surface area contributed by atoms with Crippen molar-refractivity contribution in [3.8, 4) is 0 Å². The van der Waals surface area contributed by atoms with Gasteiger partial charge in [-0.3, -0.25) is 4.79 Å². The number of ether oxygens (including phenoxy) is 1. The number of likely N-dealkylation sites (N-methyl/N-ethyl adjacent to an activating group) is 1. The van der Waals surface area contributed by atoms with E-state index in [4.69, 9.17) is 9.15 Å². The third kappa shape index (κ3) is 3.48. The molecular formula is C15H21N5O4. The van der Waals surface area contributed by atoms with Gasteiger partial charge in [0.2, 0.25) is 11.6 Å². The number of aromatic nitrogens is 2. The lowest BCUT2D eigenvalue weighted by atomic mass is 9.99. The molecule has 1 aliphatic rings. The van der Waals surface area contributed by atoms with Crippen LogP contribution in [-0.4, -0.2) is 59.1 Å². The van der Waals surface area contributed by atoms with E-state index in [9.17, 15) is 9.90 Å². The van der Waals surface area contributed by atoms with Crippen LogP contribution in [0.1, 0.15) is 13.3 Å². The Balaban J connectivity index is 1.66. The zero-order valence-electron chi connectivity index (χ0n) is 13.5. The van der Waals surface area contributed by atoms with Crippen molar-refractivity contribution < 1.29 is 19.1 Å². The van der Waals surface area contributed by atoms with E-state index in [0.717, 1.165) is 0 Å². The lowest BCUT2D eigenvalue weighted by Gasteiger charge is -2.38. The molecule has 1 saturated heterocycles. The molecule has 2 aromatic heterocycles. The Labute approximate surface area is 138 Å². The highest BCUT2D eigenvalue weighted by atomic mass is 16.5. The van der Waals surface area contributed by atoms with Gasteiger partial charge in [0.25, 0.3) is 0 Å². The van der Waals surface area contributed by atoms with Gasteiger partial charge in [0.1, 0.15) is 18.2 Å². The fourth-order valence-electron chi connectivity index (χ4n) is 2.76. The molecule has 1 aliphatic heterocycles. The number of carbonyl (C=O) groups excluding carboxylic acids is 1. The molecule has 3 rings (SSSR count). The second kappa shape index (κ2) is 7.12. The highest BCUT2D eigenvalue weighted by Crippen LogP contribution is 2.25. The van der Waals surface area contributed by atoms with Crippen LogP contribution >= 0.6 is 0 Å². The number of hydrogen-bond acceptors (Lipinski definition) is 8. The molecule has 0 spiro atoms. The van der Waals surface area contributed by atoms with Crippen molar-refractivity contribution in [1.82, 2.24) is 20.6 Å². The molecule has 9 heteroatoms. The van der Waals surface area contributed by atoms with E-state index in [-0.39, 0.29) is 24.6 Å². The summed E-state index contributed by atoms with van der Waals surface area (Å²) >= 11 is 0. The fourth-order valence-corrected chi connectivity index (χ4v) is 2.76. The Hall–Kier alpha value is -2.23. The van der Waals surface area contributed by atoms with Crippen molar-refractivity contribution in [2.75, 3.05) is 18.9 Å². The fraction of sp³-hybridized carbons (Fsp3) is 0.533. The van der Waals surface area contributed by atoms with Gasteiger partial charge in [-0.1, -0.05) is 0 Å². The maximum absolute atomic E-state index is 11.7. The Morgan fingerprint density at radius 2 is 2.29 bits per heavy atom. The summed E-state index contributed by atoms with van der Waals surface area (Å²) in [5.41, 5.74) is 0.461. The van der Waals surface area contributed by atoms with Gasteiger partial charge in [-0.15, -0.1) is 0 Å². The zero-order valence-corrected chi connectivity index (χ0v) is 13.5. The summed E-state index contributed by atoms with van der Waals surface area (Å²) in [5, 5.41) is 19.8. The van der Waals surface area contributed by atoms with Crippen LogP contribution in [0.4, 0.5) is 5.82 Å². The normalized spacial score (nSPS) is 27.1. The van der Waals surface area contributed by atoms with Gasteiger partial charge in [-0.2, -0.15) is 0 Å². The van der Waals surface area contributed by atoms with Crippen LogP contribution in [-0.2, 0) is 9.53 Å². The van der Waals surface area contributed by atoms with E-state index in [0.29, 0.717) is 23.3 Å². The molecule has 0 saturated carbocycles. The van der Waals surface area contributed by atoms with Gasteiger partial charge in [-0.25, -0.2) is 9.97 Å². The van der Waals surface area contributed by atoms with E-state index >= 15 is 0 Å². The molecule has 130 valence electrons. The van der Waals surface area contributed by atoms with Crippen LogP contribution < -0.4 is 16.0 Å². The molecule has 0 aromatic carbocycles. The first-order chi connectivity index (χ1) is 11.6. The molecular weight excluding hydrogens is 314 g/mol. The Morgan fingerprint density at radius 3 is 3.08 bits per heavy atom. The minimum atomic E-state index is -0.794. The number of furan rings is 1. The zero-order chi connectivity index (χ0) is 17.1. The molecule has 1 amide bonds. The summed E-state index contributed by atoms with van der Waals surface area (Å²) in [7, 11) is 1.70. The number of amides is 1. The first-order valence-electron chi connectivity index (χ1n) is 7.80. The lowest BCUT2D eigenvalue weighted by Crippen LogP contribution is -2.56. The average molecular weight is 335 g/mol. The number of aliphatic hydroxyl groups is 1. The summed E-state index contributed by atoms with van der Waals surface area (Å²) in [6.45, 7) is 2.08. The number of hydrogen-bond donors (Lipinski definition) is 4. The van der Waals surface area contributed by atoms with Crippen molar-refractivity contribution in [2.24, 2.45) is 0 Å². The standard InChI is InChI=1S/C15H21N5O4/c1-8-10(19-12(22)6-16-2)5-11(21)15(24-8)20-13-9-3-4-23-14(9)18-7-17-13/h3-4,7-8,10-11,15-16,21H,5-6H2,1-2H3,(H,19,22)(H,17,18,20)/t8-,10+,11+,15-/m0/s1. The molecule has 3 heterocycles. The van der Waals surface area contributed by atoms with Gasteiger partial charge < -0.3 is 30.2 Å². The van der Waals surface area contributed by atoms with Gasteiger partial charge in [0.15, 0.2) is 6.23 Å². The van der Waals surface area contributed by atoms with Crippen LogP contribution in [0.5, 0.6) is 0 Å². The highest BCUT2D eigenvalue weighted by molar-refractivity contribution is 5.85. The van der Waals surface area contributed by atoms with Gasteiger partial charge >= 0.3 is 0 Å². The Morgan fingerprint density at radius 1 is 1.46 bits per heavy atom. The molecule has 9 nitrogen and oxygen atoms in total. The number of carbonyl (C=O) groups is 1. The van der Waals surface area contributed by atoms with E-state index in [1.807, 2.05) is 6.92 Å². The Bertz CT molecular complexity index is 706. The third-order valence-corrected chi connectivity index (χ3v) is 4.00. The Kier molecular flexibility index (Phi) is 4.93. The van der Waals surface area contributed by atoms with Crippen LogP contribution in [0.15, 0.2) is 23.1 Å². The maximum Gasteiger partial charge on any atom is 0.234 e. The SMILES string of the molecule is CNCC(=O)N[C@@H]1C[C@@H](O)[C@@H](Nc2ncnc3occc23)O[C@H]1C. The molecule has 4 atom stereocenters. The summed E-state index contributed by atoms with van der Waals surface area (Å²) in [6, 6.07) is 1.50. The quantitative estimate of drug-likeness (QED) is 0.594. The summed E-state index contributed by atoms with van der Waals surface area (Å²) in [5.74, 6) is 0.398. The topological polar surface area (TPSA) is 122 Å². The molecule has 0 bridgehead atoms. The van der Waals surface area contributed by atoms with Crippen molar-refractivity contribution in [2.45, 2.75) is 37.8 Å². The van der Waals surface area contributed by atoms with Gasteiger partial charge in [0, 0.05) is 6.42 Å². The minimum absolute atomic E-state index is 0.132. The molecule has 0 unspecified atom stereocenters. The number of anilines is 1. The predicted octanol–water partition coefficient (Wildman–Crippen LogP) is -0.165. The summed E-state index contributed by atoms with van der Waals surface area (Å²) < 4.78 is 11.1. The first kappa shape index (κ1) is 16.6. The number of nitrogens with one attached hydrogen (secondary N) is 3. The van der Waals surface area contributed by atoms with Gasteiger partial charge in [-0.05, 0) is 20.0 Å².